The Bertz CT molecular complexity index is 976. The lowest BCUT2D eigenvalue weighted by Gasteiger charge is -2.12. The van der Waals surface area contributed by atoms with Crippen LogP contribution in [-0.4, -0.2) is 24.1 Å². The monoisotopic (exact) mass is 336 g/mol. The smallest absolute Gasteiger partial charge is 0.254 e. The maximum atomic E-state index is 12.4. The number of hydrogen-bond donors (Lipinski definition) is 1. The number of aromatic nitrogens is 1. The molecule has 1 aromatic heterocycles. The molecule has 0 aliphatic carbocycles. The van der Waals surface area contributed by atoms with Crippen molar-refractivity contribution < 1.29 is 9.53 Å². The highest BCUT2D eigenvalue weighted by molar-refractivity contribution is 5.94. The number of benzene rings is 2. The van der Waals surface area contributed by atoms with E-state index in [1.807, 2.05) is 30.3 Å². The van der Waals surface area contributed by atoms with Gasteiger partial charge in [-0.15, -0.1) is 0 Å². The first-order chi connectivity index (χ1) is 12.1. The Balaban J connectivity index is 1.76. The van der Waals surface area contributed by atoms with E-state index in [9.17, 15) is 9.59 Å². The molecular formula is C20H20N2O3. The van der Waals surface area contributed by atoms with Gasteiger partial charge in [0.2, 0.25) is 0 Å². The number of rotatable bonds is 5. The molecule has 2 aromatic carbocycles. The van der Waals surface area contributed by atoms with Gasteiger partial charge in [0.15, 0.2) is 0 Å². The predicted molar refractivity (Wildman–Crippen MR) is 98.3 cm³/mol. The molecule has 1 amide bonds. The zero-order valence-electron chi connectivity index (χ0n) is 14.3. The molecule has 5 heteroatoms. The van der Waals surface area contributed by atoms with Crippen molar-refractivity contribution in [1.29, 1.82) is 0 Å². The molecule has 0 bridgehead atoms. The minimum Gasteiger partial charge on any atom is -0.497 e. The third kappa shape index (κ3) is 3.55. The van der Waals surface area contributed by atoms with Crippen molar-refractivity contribution >= 4 is 16.8 Å². The zero-order valence-corrected chi connectivity index (χ0v) is 14.3. The Labute approximate surface area is 145 Å². The van der Waals surface area contributed by atoms with Gasteiger partial charge in [-0.2, -0.15) is 0 Å². The maximum Gasteiger partial charge on any atom is 0.254 e. The quantitative estimate of drug-likeness (QED) is 0.779. The Morgan fingerprint density at radius 2 is 1.92 bits per heavy atom. The number of carbonyl (C=O) groups is 1. The second-order valence-corrected chi connectivity index (χ2v) is 5.83. The van der Waals surface area contributed by atoms with Gasteiger partial charge in [-0.25, -0.2) is 0 Å². The molecular weight excluding hydrogens is 316 g/mol. The summed E-state index contributed by atoms with van der Waals surface area (Å²) in [5, 5.41) is 3.87. The van der Waals surface area contributed by atoms with Crippen LogP contribution in [0.4, 0.5) is 0 Å². The van der Waals surface area contributed by atoms with E-state index in [0.717, 1.165) is 10.9 Å². The van der Waals surface area contributed by atoms with Crippen LogP contribution in [0.2, 0.25) is 0 Å². The Kier molecular flexibility index (Phi) is 4.84. The van der Waals surface area contributed by atoms with Gasteiger partial charge in [-0.05, 0) is 42.6 Å². The van der Waals surface area contributed by atoms with Gasteiger partial charge in [-0.1, -0.05) is 24.3 Å². The van der Waals surface area contributed by atoms with Crippen LogP contribution in [0, 0.1) is 6.92 Å². The molecule has 0 atom stereocenters. The summed E-state index contributed by atoms with van der Waals surface area (Å²) in [6, 6.07) is 16.6. The van der Waals surface area contributed by atoms with Gasteiger partial charge in [-0.3, -0.25) is 9.59 Å². The van der Waals surface area contributed by atoms with E-state index in [1.165, 1.54) is 0 Å². The van der Waals surface area contributed by atoms with Crippen LogP contribution in [0.25, 0.3) is 10.9 Å². The lowest BCUT2D eigenvalue weighted by Crippen LogP contribution is -2.31. The van der Waals surface area contributed by atoms with Crippen molar-refractivity contribution in [1.82, 2.24) is 9.88 Å². The second-order valence-electron chi connectivity index (χ2n) is 5.83. The lowest BCUT2D eigenvalue weighted by molar-refractivity contribution is 0.0952. The number of methoxy groups -OCH3 is 1. The molecule has 1 heterocycles. The van der Waals surface area contributed by atoms with Gasteiger partial charge >= 0.3 is 0 Å². The number of pyridine rings is 1. The number of nitrogens with one attached hydrogen (secondary N) is 1. The van der Waals surface area contributed by atoms with Crippen LogP contribution >= 0.6 is 0 Å². The molecule has 0 fully saturated rings. The molecule has 128 valence electrons. The first-order valence-corrected chi connectivity index (χ1v) is 8.11. The Hall–Kier alpha value is -3.08. The summed E-state index contributed by atoms with van der Waals surface area (Å²) in [6.45, 7) is 2.58. The number of carbonyl (C=O) groups excluding carboxylic acids is 1. The largest absolute Gasteiger partial charge is 0.497 e. The Morgan fingerprint density at radius 3 is 2.72 bits per heavy atom. The van der Waals surface area contributed by atoms with Crippen LogP contribution in [-0.2, 0) is 6.54 Å². The standard InChI is InChI=1S/C20H20N2O3/c1-14-12-15-6-3-4-9-18(15)22(20(14)24)11-10-21-19(23)16-7-5-8-17(13-16)25-2/h3-9,12-13H,10-11H2,1-2H3,(H,21,23). The second kappa shape index (κ2) is 7.21. The van der Waals surface area contributed by atoms with Crippen molar-refractivity contribution in [3.05, 3.63) is 76.1 Å². The van der Waals surface area contributed by atoms with Crippen molar-refractivity contribution in [2.45, 2.75) is 13.5 Å². The third-order valence-corrected chi connectivity index (χ3v) is 4.13. The number of ether oxygens (including phenoxy) is 1. The van der Waals surface area contributed by atoms with E-state index in [2.05, 4.69) is 5.32 Å². The summed E-state index contributed by atoms with van der Waals surface area (Å²) in [5.41, 5.74) is 2.06. The van der Waals surface area contributed by atoms with Gasteiger partial charge in [0.05, 0.1) is 12.6 Å². The van der Waals surface area contributed by atoms with Gasteiger partial charge < -0.3 is 14.6 Å². The molecule has 0 radical (unpaired) electrons. The number of amides is 1. The normalized spacial score (nSPS) is 10.6. The number of aryl methyl sites for hydroxylation is 1. The molecule has 5 nitrogen and oxygen atoms in total. The van der Waals surface area contributed by atoms with E-state index in [4.69, 9.17) is 4.74 Å². The van der Waals surface area contributed by atoms with E-state index in [-0.39, 0.29) is 11.5 Å². The van der Waals surface area contributed by atoms with Crippen LogP contribution < -0.4 is 15.6 Å². The summed E-state index contributed by atoms with van der Waals surface area (Å²) in [4.78, 5) is 24.7. The van der Waals surface area contributed by atoms with Crippen LogP contribution in [0.15, 0.2) is 59.4 Å². The molecule has 0 saturated carbocycles. The average Bonchev–Trinajstić information content (AvgIpc) is 2.64. The van der Waals surface area contributed by atoms with E-state index >= 15 is 0 Å². The van der Waals surface area contributed by atoms with Crippen molar-refractivity contribution in [3.8, 4) is 5.75 Å². The summed E-state index contributed by atoms with van der Waals surface area (Å²) >= 11 is 0. The van der Waals surface area contributed by atoms with Gasteiger partial charge in [0, 0.05) is 24.2 Å². The van der Waals surface area contributed by atoms with Crippen molar-refractivity contribution in [2.24, 2.45) is 0 Å². The molecule has 0 saturated heterocycles. The fourth-order valence-corrected chi connectivity index (χ4v) is 2.84. The highest BCUT2D eigenvalue weighted by atomic mass is 16.5. The first kappa shape index (κ1) is 16.8. The number of para-hydroxylation sites is 1. The first-order valence-electron chi connectivity index (χ1n) is 8.11. The van der Waals surface area contributed by atoms with Crippen LogP contribution in [0.3, 0.4) is 0 Å². The van der Waals surface area contributed by atoms with E-state index < -0.39 is 0 Å². The summed E-state index contributed by atoms with van der Waals surface area (Å²) in [6.07, 6.45) is 0. The average molecular weight is 336 g/mol. The minimum absolute atomic E-state index is 0.0330. The van der Waals surface area contributed by atoms with E-state index in [1.54, 1.807) is 42.9 Å². The van der Waals surface area contributed by atoms with Gasteiger partial charge in [0.1, 0.15) is 5.75 Å². The van der Waals surface area contributed by atoms with E-state index in [0.29, 0.717) is 30.0 Å². The van der Waals surface area contributed by atoms with Crippen molar-refractivity contribution in [2.75, 3.05) is 13.7 Å². The SMILES string of the molecule is COc1cccc(C(=O)NCCn2c(=O)c(C)cc3ccccc32)c1. The summed E-state index contributed by atoms with van der Waals surface area (Å²) in [5.74, 6) is 0.442. The molecule has 0 aliphatic heterocycles. The van der Waals surface area contributed by atoms with Crippen LogP contribution in [0.5, 0.6) is 5.75 Å². The molecule has 1 N–H and O–H groups in total. The summed E-state index contributed by atoms with van der Waals surface area (Å²) < 4.78 is 6.84. The topological polar surface area (TPSA) is 60.3 Å². The fraction of sp³-hybridized carbons (Fsp3) is 0.200. The highest BCUT2D eigenvalue weighted by Crippen LogP contribution is 2.13. The molecule has 0 unspecified atom stereocenters. The lowest BCUT2D eigenvalue weighted by atomic mass is 10.1. The number of fused-ring (bicyclic) bond motifs is 1. The highest BCUT2D eigenvalue weighted by Gasteiger charge is 2.09. The fourth-order valence-electron chi connectivity index (χ4n) is 2.84. The molecule has 0 aliphatic rings. The molecule has 3 aromatic rings. The van der Waals surface area contributed by atoms with Crippen molar-refractivity contribution in [3.63, 3.8) is 0 Å². The third-order valence-electron chi connectivity index (χ3n) is 4.13. The molecule has 3 rings (SSSR count). The summed E-state index contributed by atoms with van der Waals surface area (Å²) in [7, 11) is 1.56. The zero-order chi connectivity index (χ0) is 17.8. The maximum absolute atomic E-state index is 12.4. The Morgan fingerprint density at radius 1 is 1.12 bits per heavy atom. The minimum atomic E-state index is -0.191. The molecule has 0 spiro atoms. The van der Waals surface area contributed by atoms with Crippen LogP contribution in [0.1, 0.15) is 15.9 Å². The predicted octanol–water partition coefficient (Wildman–Crippen LogP) is 2.75. The number of hydrogen-bond acceptors (Lipinski definition) is 3. The van der Waals surface area contributed by atoms with Gasteiger partial charge in [0.25, 0.3) is 11.5 Å². The molecule has 25 heavy (non-hydrogen) atoms. The number of nitrogens with zero attached hydrogens (tertiary/aromatic N) is 1.